The Morgan fingerprint density at radius 1 is 0.972 bits per heavy atom. The molecule has 0 aliphatic rings. The van der Waals surface area contributed by atoms with Crippen molar-refractivity contribution in [2.75, 3.05) is 5.32 Å². The lowest BCUT2D eigenvalue weighted by Crippen LogP contribution is -2.13. The Morgan fingerprint density at radius 2 is 1.75 bits per heavy atom. The number of aryl methyl sites for hydroxylation is 1. The van der Waals surface area contributed by atoms with Crippen LogP contribution >= 0.6 is 0 Å². The summed E-state index contributed by atoms with van der Waals surface area (Å²) in [6, 6.07) is 19.4. The molecular weight excluding hydrogens is 457 g/mol. The van der Waals surface area contributed by atoms with E-state index >= 15 is 0 Å². The Balaban J connectivity index is 1.33. The Hall–Kier alpha value is -4.92. The highest BCUT2D eigenvalue weighted by Gasteiger charge is 2.19. The van der Waals surface area contributed by atoms with E-state index in [2.05, 4.69) is 20.3 Å². The van der Waals surface area contributed by atoms with Crippen LogP contribution in [-0.2, 0) is 7.05 Å². The molecule has 0 fully saturated rings. The van der Waals surface area contributed by atoms with Gasteiger partial charge in [-0.25, -0.2) is 18.9 Å². The summed E-state index contributed by atoms with van der Waals surface area (Å²) in [4.78, 5) is 26.2. The van der Waals surface area contributed by atoms with Crippen LogP contribution in [0, 0.1) is 12.7 Å². The molecule has 0 atom stereocenters. The molecule has 9 heteroatoms. The second-order valence-corrected chi connectivity index (χ2v) is 8.44. The van der Waals surface area contributed by atoms with Crippen LogP contribution in [0.5, 0.6) is 0 Å². The number of fused-ring (bicyclic) bond motifs is 2. The highest BCUT2D eigenvalue weighted by molar-refractivity contribution is 6.04. The van der Waals surface area contributed by atoms with E-state index in [-0.39, 0.29) is 11.7 Å². The molecule has 0 bridgehead atoms. The number of nitrogens with one attached hydrogen (secondary N) is 1. The maximum Gasteiger partial charge on any atom is 0.275 e. The van der Waals surface area contributed by atoms with Crippen LogP contribution in [0.25, 0.3) is 39.1 Å². The molecule has 1 amide bonds. The van der Waals surface area contributed by atoms with Gasteiger partial charge < -0.3 is 9.88 Å². The zero-order valence-electron chi connectivity index (χ0n) is 19.5. The molecule has 36 heavy (non-hydrogen) atoms. The van der Waals surface area contributed by atoms with Crippen molar-refractivity contribution in [3.05, 3.63) is 96.5 Å². The van der Waals surface area contributed by atoms with Gasteiger partial charge in [0.05, 0.1) is 17.6 Å². The monoisotopic (exact) mass is 477 g/mol. The largest absolute Gasteiger partial charge is 0.330 e. The second-order valence-electron chi connectivity index (χ2n) is 8.44. The topological polar surface area (TPSA) is 90.0 Å². The van der Waals surface area contributed by atoms with E-state index in [9.17, 15) is 9.18 Å². The van der Waals surface area contributed by atoms with Gasteiger partial charge in [0.15, 0.2) is 11.5 Å². The molecule has 0 spiro atoms. The predicted octanol–water partition coefficient (Wildman–Crippen LogP) is 5.04. The van der Waals surface area contributed by atoms with Crippen LogP contribution in [0.1, 0.15) is 16.3 Å². The highest BCUT2D eigenvalue weighted by Crippen LogP contribution is 2.31. The molecule has 4 heterocycles. The average Bonchev–Trinajstić information content (AvgIpc) is 3.43. The van der Waals surface area contributed by atoms with Crippen molar-refractivity contribution in [3.63, 3.8) is 0 Å². The quantitative estimate of drug-likeness (QED) is 0.384. The minimum Gasteiger partial charge on any atom is -0.330 e. The van der Waals surface area contributed by atoms with Crippen LogP contribution in [0.15, 0.2) is 79.1 Å². The van der Waals surface area contributed by atoms with E-state index in [1.807, 2.05) is 54.9 Å². The molecule has 0 saturated carbocycles. The van der Waals surface area contributed by atoms with Gasteiger partial charge in [-0.05, 0) is 54.8 Å². The van der Waals surface area contributed by atoms with Gasteiger partial charge in [-0.2, -0.15) is 5.10 Å². The molecule has 0 unspecified atom stereocenters. The first-order valence-electron chi connectivity index (χ1n) is 11.3. The standard InChI is InChI=1S/C27H20FN7O/c1-16-30-25(17-7-9-20(28)10-8-17)26(34(16)2)21-11-12-24-31-23(15-35(24)33-21)32-27(36)22-13-18-5-3-4-6-19(18)14-29-22/h3-15H,1-2H3,(H,32,36). The van der Waals surface area contributed by atoms with Crippen molar-refractivity contribution in [2.45, 2.75) is 6.92 Å². The summed E-state index contributed by atoms with van der Waals surface area (Å²) in [5.41, 5.74) is 3.82. The molecule has 8 nitrogen and oxygen atoms in total. The molecule has 4 aromatic heterocycles. The number of benzene rings is 2. The van der Waals surface area contributed by atoms with Crippen LogP contribution in [0.2, 0.25) is 0 Å². The summed E-state index contributed by atoms with van der Waals surface area (Å²) in [6.07, 6.45) is 3.33. The third kappa shape index (κ3) is 3.76. The van der Waals surface area contributed by atoms with Crippen molar-refractivity contribution in [1.82, 2.24) is 29.1 Å². The van der Waals surface area contributed by atoms with Gasteiger partial charge in [0.2, 0.25) is 0 Å². The number of carbonyl (C=O) groups is 1. The summed E-state index contributed by atoms with van der Waals surface area (Å²) in [6.45, 7) is 1.90. The number of hydrogen-bond acceptors (Lipinski definition) is 5. The van der Waals surface area contributed by atoms with Crippen molar-refractivity contribution in [1.29, 1.82) is 0 Å². The van der Waals surface area contributed by atoms with Gasteiger partial charge in [-0.3, -0.25) is 9.78 Å². The number of halogens is 1. The first kappa shape index (κ1) is 21.6. The molecule has 6 aromatic rings. The van der Waals surface area contributed by atoms with E-state index < -0.39 is 0 Å². The maximum absolute atomic E-state index is 13.5. The minimum absolute atomic E-state index is 0.300. The number of rotatable bonds is 4. The van der Waals surface area contributed by atoms with Gasteiger partial charge >= 0.3 is 0 Å². The van der Waals surface area contributed by atoms with Crippen LogP contribution in [0.4, 0.5) is 10.2 Å². The first-order chi connectivity index (χ1) is 17.5. The lowest BCUT2D eigenvalue weighted by atomic mass is 10.1. The summed E-state index contributed by atoms with van der Waals surface area (Å²) >= 11 is 0. The second kappa shape index (κ2) is 8.38. The molecule has 0 aliphatic heterocycles. The third-order valence-electron chi connectivity index (χ3n) is 6.10. The van der Waals surface area contributed by atoms with Gasteiger partial charge in [-0.1, -0.05) is 24.3 Å². The normalized spacial score (nSPS) is 11.3. The summed E-state index contributed by atoms with van der Waals surface area (Å²) in [7, 11) is 1.91. The Kier molecular flexibility index (Phi) is 5.03. The number of anilines is 1. The number of pyridine rings is 1. The highest BCUT2D eigenvalue weighted by atomic mass is 19.1. The number of aromatic nitrogens is 6. The zero-order valence-corrected chi connectivity index (χ0v) is 19.5. The minimum atomic E-state index is -0.356. The van der Waals surface area contributed by atoms with E-state index in [1.54, 1.807) is 35.1 Å². The fraction of sp³-hybridized carbons (Fsp3) is 0.0741. The molecule has 6 rings (SSSR count). The van der Waals surface area contributed by atoms with Crippen molar-refractivity contribution >= 4 is 28.1 Å². The smallest absolute Gasteiger partial charge is 0.275 e. The molecule has 1 N–H and O–H groups in total. The van der Waals surface area contributed by atoms with Crippen molar-refractivity contribution in [3.8, 4) is 22.6 Å². The number of amides is 1. The Bertz CT molecular complexity index is 1770. The lowest BCUT2D eigenvalue weighted by molar-refractivity contribution is 0.102. The molecule has 0 saturated heterocycles. The Labute approximate surface area is 205 Å². The summed E-state index contributed by atoms with van der Waals surface area (Å²) < 4.78 is 17.0. The lowest BCUT2D eigenvalue weighted by Gasteiger charge is -2.07. The molecule has 176 valence electrons. The SMILES string of the molecule is Cc1nc(-c2ccc(F)cc2)c(-c2ccc3nc(NC(=O)c4cc5ccccc5cn4)cn3n2)n1C. The fourth-order valence-corrected chi connectivity index (χ4v) is 4.17. The van der Waals surface area contributed by atoms with Gasteiger partial charge in [-0.15, -0.1) is 0 Å². The summed E-state index contributed by atoms with van der Waals surface area (Å²) in [5, 5.41) is 9.42. The molecule has 0 aliphatic carbocycles. The fourth-order valence-electron chi connectivity index (χ4n) is 4.17. The third-order valence-corrected chi connectivity index (χ3v) is 6.10. The number of nitrogens with zero attached hydrogens (tertiary/aromatic N) is 6. The predicted molar refractivity (Wildman–Crippen MR) is 135 cm³/mol. The van der Waals surface area contributed by atoms with E-state index in [4.69, 9.17) is 5.10 Å². The first-order valence-corrected chi connectivity index (χ1v) is 11.3. The molecule has 2 aromatic carbocycles. The van der Waals surface area contributed by atoms with Gasteiger partial charge in [0.25, 0.3) is 5.91 Å². The van der Waals surface area contributed by atoms with Crippen LogP contribution < -0.4 is 5.32 Å². The van der Waals surface area contributed by atoms with Crippen molar-refractivity contribution < 1.29 is 9.18 Å². The average molecular weight is 478 g/mol. The number of imidazole rings is 2. The van der Waals surface area contributed by atoms with E-state index in [0.717, 1.165) is 27.9 Å². The Morgan fingerprint density at radius 3 is 2.56 bits per heavy atom. The van der Waals surface area contributed by atoms with Crippen LogP contribution in [0.3, 0.4) is 0 Å². The molecule has 0 radical (unpaired) electrons. The molecular formula is C27H20FN7O. The van der Waals surface area contributed by atoms with Gasteiger partial charge in [0, 0.05) is 24.2 Å². The van der Waals surface area contributed by atoms with Gasteiger partial charge in [0.1, 0.15) is 23.0 Å². The number of hydrogen-bond donors (Lipinski definition) is 1. The number of carbonyl (C=O) groups excluding carboxylic acids is 1. The zero-order chi connectivity index (χ0) is 24.8. The maximum atomic E-state index is 13.5. The van der Waals surface area contributed by atoms with Crippen molar-refractivity contribution in [2.24, 2.45) is 7.05 Å². The van der Waals surface area contributed by atoms with E-state index in [0.29, 0.717) is 28.5 Å². The van der Waals surface area contributed by atoms with Crippen LogP contribution in [-0.4, -0.2) is 35.0 Å². The summed E-state index contributed by atoms with van der Waals surface area (Å²) in [5.74, 6) is 0.497. The van der Waals surface area contributed by atoms with E-state index in [1.165, 1.54) is 12.1 Å².